The Kier molecular flexibility index (Phi) is 2.75. The van der Waals surface area contributed by atoms with Crippen molar-refractivity contribution < 1.29 is 0 Å². The minimum absolute atomic E-state index is 0.557. The van der Waals surface area contributed by atoms with Crippen molar-refractivity contribution in [2.45, 2.75) is 13.8 Å². The van der Waals surface area contributed by atoms with Crippen molar-refractivity contribution in [3.8, 4) is 11.9 Å². The molecule has 0 atom stereocenters. The molecule has 2 aromatic rings. The van der Waals surface area contributed by atoms with Crippen LogP contribution < -0.4 is 0 Å². The van der Waals surface area contributed by atoms with Crippen LogP contribution in [0.4, 0.5) is 0 Å². The highest BCUT2D eigenvalue weighted by atomic mass is 79.9. The van der Waals surface area contributed by atoms with Gasteiger partial charge < -0.3 is 0 Å². The normalized spacial score (nSPS) is 10.1. The molecule has 5 heteroatoms. The van der Waals surface area contributed by atoms with Crippen molar-refractivity contribution in [1.82, 2.24) is 14.8 Å². The smallest absolute Gasteiger partial charge is 0.171 e. The maximum atomic E-state index is 9.12. The topological polar surface area (TPSA) is 54.5 Å². The Labute approximate surface area is 102 Å². The zero-order valence-electron chi connectivity index (χ0n) is 8.90. The summed E-state index contributed by atoms with van der Waals surface area (Å²) in [6.45, 7) is 3.80. The molecule has 0 fully saturated rings. The molecule has 0 bridgehead atoms. The molecule has 2 rings (SSSR count). The van der Waals surface area contributed by atoms with E-state index in [9.17, 15) is 0 Å². The molecule has 0 aromatic carbocycles. The largest absolute Gasteiger partial charge is 0.233 e. The molecular weight excluding hydrogens is 268 g/mol. The van der Waals surface area contributed by atoms with Gasteiger partial charge in [-0.05, 0) is 41.4 Å². The third-order valence-corrected chi connectivity index (χ3v) is 2.61. The average Bonchev–Trinajstić information content (AvgIpc) is 2.63. The maximum Gasteiger partial charge on any atom is 0.171 e. The fourth-order valence-electron chi connectivity index (χ4n) is 1.54. The Balaban J connectivity index is 2.69. The Bertz CT molecular complexity index is 580. The summed E-state index contributed by atoms with van der Waals surface area (Å²) in [4.78, 5) is 4.35. The number of hydrogen-bond acceptors (Lipinski definition) is 3. The molecule has 16 heavy (non-hydrogen) atoms. The molecule has 0 amide bonds. The molecule has 0 aliphatic rings. The monoisotopic (exact) mass is 276 g/mol. The maximum absolute atomic E-state index is 9.12. The highest BCUT2D eigenvalue weighted by Crippen LogP contribution is 2.18. The number of aromatic nitrogens is 3. The number of pyridine rings is 1. The summed E-state index contributed by atoms with van der Waals surface area (Å²) in [5.41, 5.74) is 2.34. The summed E-state index contributed by atoms with van der Waals surface area (Å²) in [5, 5.41) is 13.2. The molecule has 0 radical (unpaired) electrons. The molecule has 2 aromatic heterocycles. The Hall–Kier alpha value is -1.67. The van der Waals surface area contributed by atoms with Gasteiger partial charge in [-0.25, -0.2) is 9.67 Å². The van der Waals surface area contributed by atoms with Crippen LogP contribution >= 0.6 is 15.9 Å². The molecule has 0 unspecified atom stereocenters. The van der Waals surface area contributed by atoms with Gasteiger partial charge in [-0.1, -0.05) is 0 Å². The highest BCUT2D eigenvalue weighted by Gasteiger charge is 2.11. The van der Waals surface area contributed by atoms with E-state index in [1.165, 1.54) is 0 Å². The fraction of sp³-hybridized carbons (Fsp3) is 0.182. The molecule has 0 aliphatic heterocycles. The molecule has 80 valence electrons. The first kappa shape index (κ1) is 10.8. The van der Waals surface area contributed by atoms with E-state index in [1.807, 2.05) is 19.9 Å². The van der Waals surface area contributed by atoms with Crippen molar-refractivity contribution in [3.63, 3.8) is 0 Å². The molecule has 4 nitrogen and oxygen atoms in total. The standard InChI is InChI=1S/C11H9BrN4/c1-7-3-8(2)15-11(10(7)4-13)16-6-9(12)5-14-16/h3,5-6H,1-2H3. The predicted octanol–water partition coefficient (Wildman–Crippen LogP) is 2.52. The van der Waals surface area contributed by atoms with E-state index < -0.39 is 0 Å². The van der Waals surface area contributed by atoms with Crippen LogP contribution in [-0.2, 0) is 0 Å². The average molecular weight is 277 g/mol. The summed E-state index contributed by atoms with van der Waals surface area (Å²) < 4.78 is 2.46. The van der Waals surface area contributed by atoms with Gasteiger partial charge in [-0.3, -0.25) is 0 Å². The molecule has 0 spiro atoms. The van der Waals surface area contributed by atoms with Crippen molar-refractivity contribution in [2.24, 2.45) is 0 Å². The lowest BCUT2D eigenvalue weighted by atomic mass is 10.1. The van der Waals surface area contributed by atoms with Crippen LogP contribution in [0.5, 0.6) is 0 Å². The van der Waals surface area contributed by atoms with E-state index in [0.717, 1.165) is 15.7 Å². The van der Waals surface area contributed by atoms with E-state index in [4.69, 9.17) is 5.26 Å². The predicted molar refractivity (Wildman–Crippen MR) is 63.2 cm³/mol. The third-order valence-electron chi connectivity index (χ3n) is 2.21. The Morgan fingerprint density at radius 3 is 2.75 bits per heavy atom. The highest BCUT2D eigenvalue weighted by molar-refractivity contribution is 9.10. The first-order chi connectivity index (χ1) is 7.61. The van der Waals surface area contributed by atoms with Crippen LogP contribution in [-0.4, -0.2) is 14.8 Å². The Morgan fingerprint density at radius 2 is 2.19 bits per heavy atom. The van der Waals surface area contributed by atoms with Gasteiger partial charge >= 0.3 is 0 Å². The van der Waals surface area contributed by atoms with E-state index in [1.54, 1.807) is 17.1 Å². The van der Waals surface area contributed by atoms with E-state index in [-0.39, 0.29) is 0 Å². The minimum Gasteiger partial charge on any atom is -0.233 e. The first-order valence-corrected chi connectivity index (χ1v) is 5.50. The quantitative estimate of drug-likeness (QED) is 0.804. The van der Waals surface area contributed by atoms with Crippen LogP contribution in [0.15, 0.2) is 22.9 Å². The number of aryl methyl sites for hydroxylation is 2. The third kappa shape index (κ3) is 1.84. The second-order valence-electron chi connectivity index (χ2n) is 3.49. The van der Waals surface area contributed by atoms with Crippen molar-refractivity contribution >= 4 is 15.9 Å². The van der Waals surface area contributed by atoms with E-state index in [2.05, 4.69) is 32.1 Å². The zero-order valence-corrected chi connectivity index (χ0v) is 10.5. The minimum atomic E-state index is 0.557. The van der Waals surface area contributed by atoms with E-state index in [0.29, 0.717) is 11.4 Å². The van der Waals surface area contributed by atoms with Gasteiger partial charge in [0.05, 0.1) is 16.2 Å². The van der Waals surface area contributed by atoms with Gasteiger partial charge in [-0.15, -0.1) is 0 Å². The van der Waals surface area contributed by atoms with Gasteiger partial charge in [0.25, 0.3) is 0 Å². The van der Waals surface area contributed by atoms with Crippen molar-refractivity contribution in [1.29, 1.82) is 5.26 Å². The van der Waals surface area contributed by atoms with Gasteiger partial charge in [0.2, 0.25) is 0 Å². The summed E-state index contributed by atoms with van der Waals surface area (Å²) in [6.07, 6.45) is 3.45. The molecule has 0 N–H and O–H groups in total. The zero-order chi connectivity index (χ0) is 11.7. The van der Waals surface area contributed by atoms with Crippen LogP contribution in [0.3, 0.4) is 0 Å². The lowest BCUT2D eigenvalue weighted by molar-refractivity contribution is 0.834. The second-order valence-corrected chi connectivity index (χ2v) is 4.41. The summed E-state index contributed by atoms with van der Waals surface area (Å²) >= 11 is 3.32. The molecule has 2 heterocycles. The van der Waals surface area contributed by atoms with Crippen LogP contribution in [0.25, 0.3) is 5.82 Å². The molecule has 0 aliphatic carbocycles. The molecule has 0 saturated carbocycles. The lowest BCUT2D eigenvalue weighted by Crippen LogP contribution is -2.04. The summed E-state index contributed by atoms with van der Waals surface area (Å²) in [7, 11) is 0. The second kappa shape index (κ2) is 4.06. The van der Waals surface area contributed by atoms with Gasteiger partial charge in [-0.2, -0.15) is 10.4 Å². The molecule has 0 saturated heterocycles. The number of halogens is 1. The van der Waals surface area contributed by atoms with Crippen molar-refractivity contribution in [3.05, 3.63) is 39.8 Å². The number of nitriles is 1. The van der Waals surface area contributed by atoms with Gasteiger partial charge in [0.15, 0.2) is 5.82 Å². The van der Waals surface area contributed by atoms with Gasteiger partial charge in [0.1, 0.15) is 6.07 Å². The van der Waals surface area contributed by atoms with Crippen molar-refractivity contribution in [2.75, 3.05) is 0 Å². The SMILES string of the molecule is Cc1cc(C)c(C#N)c(-n2cc(Br)cn2)n1. The van der Waals surface area contributed by atoms with Crippen LogP contribution in [0.1, 0.15) is 16.8 Å². The number of rotatable bonds is 1. The van der Waals surface area contributed by atoms with Gasteiger partial charge in [0, 0.05) is 11.9 Å². The lowest BCUT2D eigenvalue weighted by Gasteiger charge is -2.06. The fourth-order valence-corrected chi connectivity index (χ4v) is 1.82. The van der Waals surface area contributed by atoms with Crippen LogP contribution in [0, 0.1) is 25.2 Å². The van der Waals surface area contributed by atoms with E-state index >= 15 is 0 Å². The number of nitrogens with zero attached hydrogens (tertiary/aromatic N) is 4. The summed E-state index contributed by atoms with van der Waals surface area (Å²) in [6, 6.07) is 4.05. The summed E-state index contributed by atoms with van der Waals surface area (Å²) in [5.74, 6) is 0.575. The van der Waals surface area contributed by atoms with Crippen LogP contribution in [0.2, 0.25) is 0 Å². The first-order valence-electron chi connectivity index (χ1n) is 4.70. The molecular formula is C11H9BrN4. The number of hydrogen-bond donors (Lipinski definition) is 0. The Morgan fingerprint density at radius 1 is 1.44 bits per heavy atom.